The lowest BCUT2D eigenvalue weighted by atomic mass is 10.0. The van der Waals surface area contributed by atoms with Crippen molar-refractivity contribution in [3.05, 3.63) is 41.5 Å². The maximum absolute atomic E-state index is 9.64. The number of aryl methyl sites for hydroxylation is 1. The average molecular weight is 475 g/mol. The fraction of sp³-hybridized carbons (Fsp3) is 0.613. The molecule has 0 spiro atoms. The first-order valence-electron chi connectivity index (χ1n) is 14.3. The quantitative estimate of drug-likeness (QED) is 0.187. The first-order valence-corrected chi connectivity index (χ1v) is 14.3. The number of unbranched alkanes of at least 4 members (excludes halogenated alkanes) is 15. The molecule has 1 aromatic carbocycles. The smallest absolute Gasteiger partial charge is 0.157 e. The van der Waals surface area contributed by atoms with Gasteiger partial charge in [-0.15, -0.1) is 0 Å². The van der Waals surface area contributed by atoms with Gasteiger partial charge in [-0.25, -0.2) is 4.98 Å². The van der Waals surface area contributed by atoms with Crippen LogP contribution in [0.2, 0.25) is 0 Å². The fourth-order valence-electron chi connectivity index (χ4n) is 5.11. The second-order valence-electron chi connectivity index (χ2n) is 10.2. The highest BCUT2D eigenvalue weighted by Gasteiger charge is 2.14. The summed E-state index contributed by atoms with van der Waals surface area (Å²) in [4.78, 5) is 4.74. The van der Waals surface area contributed by atoms with Crippen LogP contribution in [0.4, 0.5) is 5.82 Å². The minimum Gasteiger partial charge on any atom is -0.371 e. The molecule has 0 saturated heterocycles. The summed E-state index contributed by atoms with van der Waals surface area (Å²) in [6.45, 7) is 5.24. The van der Waals surface area contributed by atoms with Gasteiger partial charge in [-0.2, -0.15) is 5.26 Å². The highest BCUT2D eigenvalue weighted by molar-refractivity contribution is 5.85. The molecule has 4 heteroatoms. The summed E-state index contributed by atoms with van der Waals surface area (Å²) in [6, 6.07) is 12.5. The van der Waals surface area contributed by atoms with Gasteiger partial charge >= 0.3 is 0 Å². The van der Waals surface area contributed by atoms with E-state index in [9.17, 15) is 5.26 Å². The molecule has 3 aromatic rings. The molecule has 2 heterocycles. The van der Waals surface area contributed by atoms with E-state index < -0.39 is 0 Å². The molecule has 4 nitrogen and oxygen atoms in total. The van der Waals surface area contributed by atoms with Crippen molar-refractivity contribution >= 4 is 22.5 Å². The maximum atomic E-state index is 9.64. The summed E-state index contributed by atoms with van der Waals surface area (Å²) in [7, 11) is 0. The van der Waals surface area contributed by atoms with Gasteiger partial charge in [0, 0.05) is 6.54 Å². The van der Waals surface area contributed by atoms with E-state index >= 15 is 0 Å². The zero-order chi connectivity index (χ0) is 24.7. The van der Waals surface area contributed by atoms with E-state index in [0.717, 1.165) is 34.6 Å². The monoisotopic (exact) mass is 474 g/mol. The number of hydrogen-bond donors (Lipinski definition) is 1. The van der Waals surface area contributed by atoms with E-state index in [1.54, 1.807) is 0 Å². The number of rotatable bonds is 18. The van der Waals surface area contributed by atoms with Crippen LogP contribution in [0, 0.1) is 18.3 Å². The number of benzene rings is 1. The lowest BCUT2D eigenvalue weighted by Crippen LogP contribution is -2.07. The first kappa shape index (κ1) is 27.1. The molecule has 0 saturated carbocycles. The highest BCUT2D eigenvalue weighted by Crippen LogP contribution is 2.26. The van der Waals surface area contributed by atoms with Crippen LogP contribution in [0.5, 0.6) is 0 Å². The number of hydrogen-bond acceptors (Lipinski definition) is 3. The number of nitrogens with zero attached hydrogens (tertiary/aromatic N) is 3. The number of aromatic nitrogens is 2. The molecular formula is C31H46N4. The van der Waals surface area contributed by atoms with Gasteiger partial charge in [0.05, 0.1) is 16.6 Å². The Morgan fingerprint density at radius 2 is 1.34 bits per heavy atom. The van der Waals surface area contributed by atoms with Crippen molar-refractivity contribution in [2.24, 2.45) is 0 Å². The molecule has 0 amide bonds. The predicted molar refractivity (Wildman–Crippen MR) is 150 cm³/mol. The Morgan fingerprint density at radius 3 is 1.91 bits per heavy atom. The number of fused-ring (bicyclic) bond motifs is 3. The number of anilines is 1. The Hall–Kier alpha value is -2.54. The normalized spacial score (nSPS) is 11.3. The van der Waals surface area contributed by atoms with Crippen LogP contribution in [-0.2, 0) is 0 Å². The van der Waals surface area contributed by atoms with E-state index in [2.05, 4.69) is 34.8 Å². The Morgan fingerprint density at radius 1 is 0.800 bits per heavy atom. The molecule has 0 radical (unpaired) electrons. The third-order valence-electron chi connectivity index (χ3n) is 7.22. The average Bonchev–Trinajstić information content (AvgIpc) is 3.25. The van der Waals surface area contributed by atoms with Crippen LogP contribution >= 0.6 is 0 Å². The molecule has 2 aromatic heterocycles. The second-order valence-corrected chi connectivity index (χ2v) is 10.2. The fourth-order valence-corrected chi connectivity index (χ4v) is 5.11. The van der Waals surface area contributed by atoms with Crippen molar-refractivity contribution in [2.45, 2.75) is 117 Å². The largest absolute Gasteiger partial charge is 0.371 e. The first-order chi connectivity index (χ1) is 17.3. The molecule has 35 heavy (non-hydrogen) atoms. The lowest BCUT2D eigenvalue weighted by molar-refractivity contribution is 0.530. The van der Waals surface area contributed by atoms with Gasteiger partial charge in [0.1, 0.15) is 11.9 Å². The van der Waals surface area contributed by atoms with Crippen LogP contribution in [0.25, 0.3) is 16.7 Å². The molecule has 0 aliphatic heterocycles. The topological polar surface area (TPSA) is 53.1 Å². The number of imidazole rings is 1. The summed E-state index contributed by atoms with van der Waals surface area (Å²) in [5.41, 5.74) is 4.37. The van der Waals surface area contributed by atoms with E-state index in [-0.39, 0.29) is 0 Å². The lowest BCUT2D eigenvalue weighted by Gasteiger charge is -2.12. The van der Waals surface area contributed by atoms with Crippen molar-refractivity contribution in [1.82, 2.24) is 9.38 Å². The zero-order valence-electron chi connectivity index (χ0n) is 22.2. The minimum atomic E-state index is 0.661. The Labute approximate surface area is 213 Å². The van der Waals surface area contributed by atoms with E-state index in [4.69, 9.17) is 4.98 Å². The maximum Gasteiger partial charge on any atom is 0.157 e. The van der Waals surface area contributed by atoms with Gasteiger partial charge in [-0.1, -0.05) is 115 Å². The SMILES string of the molecule is CCCCCCCCCCCCCCCCCCNc1cc(C)c(C#N)c2nc3ccccc3n12. The van der Waals surface area contributed by atoms with E-state index in [1.165, 1.54) is 103 Å². The Kier molecular flexibility index (Phi) is 11.9. The highest BCUT2D eigenvalue weighted by atomic mass is 15.1. The Bertz CT molecular complexity index is 1060. The van der Waals surface area contributed by atoms with Crippen LogP contribution in [0.15, 0.2) is 30.3 Å². The standard InChI is InChI=1S/C31H46N4/c1-3-4-5-6-7-8-9-10-11-12-13-14-15-16-17-20-23-33-30-24-26(2)27(25-32)31-34-28-21-18-19-22-29(28)35(30)31/h18-19,21-22,24,33H,3-17,20,23H2,1-2H3. The predicted octanol–water partition coefficient (Wildman–Crippen LogP) is 9.34. The number of para-hydroxylation sites is 2. The van der Waals surface area contributed by atoms with Crippen LogP contribution < -0.4 is 5.32 Å². The molecule has 1 N–H and O–H groups in total. The minimum absolute atomic E-state index is 0.661. The molecule has 0 aliphatic carbocycles. The third kappa shape index (κ3) is 8.27. The molecule has 190 valence electrons. The molecular weight excluding hydrogens is 428 g/mol. The van der Waals surface area contributed by atoms with Gasteiger partial charge in [-0.3, -0.25) is 4.40 Å². The molecule has 0 bridgehead atoms. The molecule has 0 unspecified atom stereocenters. The van der Waals surface area contributed by atoms with Crippen molar-refractivity contribution in [1.29, 1.82) is 5.26 Å². The van der Waals surface area contributed by atoms with Crippen molar-refractivity contribution < 1.29 is 0 Å². The summed E-state index contributed by atoms with van der Waals surface area (Å²) < 4.78 is 2.10. The Balaban J connectivity index is 1.28. The molecule has 0 fully saturated rings. The summed E-state index contributed by atoms with van der Waals surface area (Å²) in [5.74, 6) is 1.03. The molecule has 0 aliphatic rings. The second kappa shape index (κ2) is 15.5. The number of nitrogens with one attached hydrogen (secondary N) is 1. The molecule has 3 rings (SSSR count). The van der Waals surface area contributed by atoms with Crippen LogP contribution in [0.3, 0.4) is 0 Å². The van der Waals surface area contributed by atoms with Crippen molar-refractivity contribution in [3.63, 3.8) is 0 Å². The van der Waals surface area contributed by atoms with E-state index in [0.29, 0.717) is 5.56 Å². The van der Waals surface area contributed by atoms with Crippen molar-refractivity contribution in [2.75, 3.05) is 11.9 Å². The summed E-state index contributed by atoms with van der Waals surface area (Å²) >= 11 is 0. The van der Waals surface area contributed by atoms with Gasteiger partial charge in [0.25, 0.3) is 0 Å². The zero-order valence-corrected chi connectivity index (χ0v) is 22.2. The number of nitriles is 1. The summed E-state index contributed by atoms with van der Waals surface area (Å²) in [5, 5.41) is 13.3. The summed E-state index contributed by atoms with van der Waals surface area (Å²) in [6.07, 6.45) is 22.2. The van der Waals surface area contributed by atoms with Crippen molar-refractivity contribution in [3.8, 4) is 6.07 Å². The van der Waals surface area contributed by atoms with Gasteiger partial charge in [0.2, 0.25) is 0 Å². The number of pyridine rings is 1. The van der Waals surface area contributed by atoms with E-state index in [1.807, 2.05) is 25.1 Å². The molecule has 0 atom stereocenters. The van der Waals surface area contributed by atoms with Gasteiger partial charge in [-0.05, 0) is 37.1 Å². The van der Waals surface area contributed by atoms with Gasteiger partial charge in [0.15, 0.2) is 5.65 Å². The van der Waals surface area contributed by atoms with Crippen LogP contribution in [-0.4, -0.2) is 15.9 Å². The third-order valence-corrected chi connectivity index (χ3v) is 7.22. The van der Waals surface area contributed by atoms with Gasteiger partial charge < -0.3 is 5.32 Å². The van der Waals surface area contributed by atoms with Crippen LogP contribution in [0.1, 0.15) is 121 Å².